The fourth-order valence-corrected chi connectivity index (χ4v) is 0.604. The van der Waals surface area contributed by atoms with Crippen molar-refractivity contribution in [3.05, 3.63) is 23.8 Å². The fraction of sp³-hybridized carbons (Fsp3) is 0.250. The van der Waals surface area contributed by atoms with Gasteiger partial charge in [-0.3, -0.25) is 4.79 Å². The third kappa shape index (κ3) is 5.08. The molecule has 0 bridgehead atoms. The van der Waals surface area contributed by atoms with Gasteiger partial charge in [0.25, 0.3) is 0 Å². The predicted octanol–water partition coefficient (Wildman–Crippen LogP) is 1.61. The summed E-state index contributed by atoms with van der Waals surface area (Å²) in [6.07, 6.45) is 5.96. The highest BCUT2D eigenvalue weighted by molar-refractivity contribution is 5.73. The van der Waals surface area contributed by atoms with E-state index in [-0.39, 0.29) is 6.42 Å². The molecule has 0 spiro atoms. The Labute approximate surface area is 65.6 Å². The second-order valence-corrected chi connectivity index (χ2v) is 1.96. The van der Waals surface area contributed by atoms with Crippen LogP contribution in [0.2, 0.25) is 0 Å². The summed E-state index contributed by atoms with van der Waals surface area (Å²) in [6, 6.07) is 0. The van der Waals surface area contributed by atoms with Crippen LogP contribution < -0.4 is 0 Å². The minimum Gasteiger partial charge on any atom is -0.481 e. The zero-order valence-electron chi connectivity index (χ0n) is 6.37. The molecular weight excluding hydrogens is 142 g/mol. The minimum absolute atomic E-state index is 0.0147. The zero-order chi connectivity index (χ0) is 8.69. The third-order valence-electron chi connectivity index (χ3n) is 1.13. The van der Waals surface area contributed by atoms with Crippen LogP contribution in [0, 0.1) is 5.41 Å². The molecule has 0 aromatic heterocycles. The number of carboxylic acids is 1. The largest absolute Gasteiger partial charge is 0.481 e. The van der Waals surface area contributed by atoms with E-state index in [1.54, 1.807) is 19.1 Å². The molecule has 0 heterocycles. The minimum atomic E-state index is -0.854. The van der Waals surface area contributed by atoms with Crippen molar-refractivity contribution in [2.45, 2.75) is 13.3 Å². The number of allylic oxidation sites excluding steroid dienone is 3. The lowest BCUT2D eigenvalue weighted by Gasteiger charge is -1.93. The van der Waals surface area contributed by atoms with Crippen LogP contribution in [0.15, 0.2) is 23.8 Å². The molecule has 0 rings (SSSR count). The van der Waals surface area contributed by atoms with Crippen LogP contribution in [0.25, 0.3) is 0 Å². The maximum Gasteiger partial charge on any atom is 0.307 e. The third-order valence-corrected chi connectivity index (χ3v) is 1.13. The van der Waals surface area contributed by atoms with E-state index in [9.17, 15) is 4.79 Å². The molecule has 2 N–H and O–H groups in total. The van der Waals surface area contributed by atoms with Gasteiger partial charge in [-0.1, -0.05) is 12.2 Å². The summed E-state index contributed by atoms with van der Waals surface area (Å²) in [4.78, 5) is 10.2. The summed E-state index contributed by atoms with van der Waals surface area (Å²) in [7, 11) is 0. The van der Waals surface area contributed by atoms with E-state index >= 15 is 0 Å². The molecular formula is C8H11NO2. The summed E-state index contributed by atoms with van der Waals surface area (Å²) < 4.78 is 0. The van der Waals surface area contributed by atoms with Crippen molar-refractivity contribution >= 4 is 12.2 Å². The average Bonchev–Trinajstić information content (AvgIpc) is 1.97. The molecule has 3 nitrogen and oxygen atoms in total. The molecule has 0 fully saturated rings. The van der Waals surface area contributed by atoms with Gasteiger partial charge in [0.05, 0.1) is 6.42 Å². The smallest absolute Gasteiger partial charge is 0.307 e. The molecule has 0 saturated heterocycles. The van der Waals surface area contributed by atoms with Gasteiger partial charge >= 0.3 is 5.97 Å². The van der Waals surface area contributed by atoms with Crippen LogP contribution in [0.5, 0.6) is 0 Å². The van der Waals surface area contributed by atoms with Crippen LogP contribution in [-0.4, -0.2) is 17.3 Å². The Morgan fingerprint density at radius 3 is 2.64 bits per heavy atom. The van der Waals surface area contributed by atoms with Crippen molar-refractivity contribution in [2.24, 2.45) is 0 Å². The average molecular weight is 153 g/mol. The van der Waals surface area contributed by atoms with Gasteiger partial charge in [-0.25, -0.2) is 0 Å². The molecule has 0 amide bonds. The molecule has 0 aromatic rings. The highest BCUT2D eigenvalue weighted by Gasteiger charge is 1.97. The first-order valence-corrected chi connectivity index (χ1v) is 3.24. The van der Waals surface area contributed by atoms with Gasteiger partial charge in [0, 0.05) is 6.21 Å². The maximum absolute atomic E-state index is 10.2. The molecule has 0 unspecified atom stereocenters. The Bertz CT molecular complexity index is 204. The number of hydrogen-bond acceptors (Lipinski definition) is 2. The van der Waals surface area contributed by atoms with Crippen molar-refractivity contribution < 1.29 is 9.90 Å². The fourth-order valence-electron chi connectivity index (χ4n) is 0.604. The molecule has 0 aromatic carbocycles. The highest BCUT2D eigenvalue weighted by Crippen LogP contribution is 2.01. The standard InChI is InChI=1S/C8H11NO2/c1-2-7(4-3-5-9)6-8(10)11/h2-5,9H,6H2,1H3,(H,10,11)/b4-3-,7-2+,9-5?. The first kappa shape index (κ1) is 9.62. The maximum atomic E-state index is 10.2. The number of carboxylic acid groups (broad SMARTS) is 1. The second kappa shape index (κ2) is 5.41. The van der Waals surface area contributed by atoms with E-state index in [1.807, 2.05) is 0 Å². The molecule has 0 aliphatic carbocycles. The van der Waals surface area contributed by atoms with E-state index in [1.165, 1.54) is 6.08 Å². The Kier molecular flexibility index (Phi) is 4.73. The van der Waals surface area contributed by atoms with Gasteiger partial charge in [-0.15, -0.1) is 0 Å². The number of hydrogen-bond donors (Lipinski definition) is 2. The van der Waals surface area contributed by atoms with Gasteiger partial charge < -0.3 is 10.5 Å². The summed E-state index contributed by atoms with van der Waals surface area (Å²) >= 11 is 0. The number of nitrogens with one attached hydrogen (secondary N) is 1. The van der Waals surface area contributed by atoms with Crippen molar-refractivity contribution in [3.8, 4) is 0 Å². The molecule has 0 saturated carbocycles. The van der Waals surface area contributed by atoms with Crippen molar-refractivity contribution in [3.63, 3.8) is 0 Å². The number of rotatable bonds is 4. The molecule has 3 heteroatoms. The van der Waals surface area contributed by atoms with Crippen molar-refractivity contribution in [1.82, 2.24) is 0 Å². The first-order chi connectivity index (χ1) is 5.20. The van der Waals surface area contributed by atoms with E-state index in [0.29, 0.717) is 5.57 Å². The van der Waals surface area contributed by atoms with Crippen LogP contribution >= 0.6 is 0 Å². The molecule has 0 aliphatic rings. The molecule has 0 aliphatic heterocycles. The van der Waals surface area contributed by atoms with Crippen molar-refractivity contribution in [2.75, 3.05) is 0 Å². The molecule has 60 valence electrons. The molecule has 11 heavy (non-hydrogen) atoms. The lowest BCUT2D eigenvalue weighted by Crippen LogP contribution is -1.95. The van der Waals surface area contributed by atoms with Gasteiger partial charge in [-0.2, -0.15) is 0 Å². The Morgan fingerprint density at radius 2 is 2.27 bits per heavy atom. The van der Waals surface area contributed by atoms with E-state index < -0.39 is 5.97 Å². The highest BCUT2D eigenvalue weighted by atomic mass is 16.4. The van der Waals surface area contributed by atoms with Crippen LogP contribution in [0.1, 0.15) is 13.3 Å². The lowest BCUT2D eigenvalue weighted by atomic mass is 10.1. The summed E-state index contributed by atoms with van der Waals surface area (Å²) in [5.41, 5.74) is 0.709. The lowest BCUT2D eigenvalue weighted by molar-refractivity contribution is -0.136. The first-order valence-electron chi connectivity index (χ1n) is 3.24. The summed E-state index contributed by atoms with van der Waals surface area (Å²) in [6.45, 7) is 1.77. The van der Waals surface area contributed by atoms with Gasteiger partial charge in [-0.05, 0) is 18.6 Å². The quantitative estimate of drug-likeness (QED) is 0.476. The van der Waals surface area contributed by atoms with Gasteiger partial charge in [0.1, 0.15) is 0 Å². The Hall–Kier alpha value is -1.38. The SMILES string of the molecule is C/C=C(\C=C/C=N)CC(=O)O. The van der Waals surface area contributed by atoms with Gasteiger partial charge in [0.15, 0.2) is 0 Å². The van der Waals surface area contributed by atoms with Crippen LogP contribution in [0.3, 0.4) is 0 Å². The summed E-state index contributed by atoms with van der Waals surface area (Å²) in [5.74, 6) is -0.854. The normalized spacial score (nSPS) is 11.9. The van der Waals surface area contributed by atoms with Crippen LogP contribution in [-0.2, 0) is 4.79 Å². The van der Waals surface area contributed by atoms with E-state index in [4.69, 9.17) is 10.5 Å². The predicted molar refractivity (Wildman–Crippen MR) is 43.9 cm³/mol. The van der Waals surface area contributed by atoms with Gasteiger partial charge in [0.2, 0.25) is 0 Å². The number of carbonyl (C=O) groups is 1. The second-order valence-electron chi connectivity index (χ2n) is 1.96. The molecule has 0 radical (unpaired) electrons. The monoisotopic (exact) mass is 153 g/mol. The number of aliphatic carboxylic acids is 1. The van der Waals surface area contributed by atoms with Crippen LogP contribution in [0.4, 0.5) is 0 Å². The Balaban J connectivity index is 4.08. The Morgan fingerprint density at radius 1 is 1.64 bits per heavy atom. The molecule has 0 atom stereocenters. The van der Waals surface area contributed by atoms with Crippen molar-refractivity contribution in [1.29, 1.82) is 5.41 Å². The topological polar surface area (TPSA) is 61.2 Å². The zero-order valence-corrected chi connectivity index (χ0v) is 6.37. The van der Waals surface area contributed by atoms with E-state index in [2.05, 4.69) is 0 Å². The van der Waals surface area contributed by atoms with E-state index in [0.717, 1.165) is 6.21 Å². The summed E-state index contributed by atoms with van der Waals surface area (Å²) in [5, 5.41) is 15.0.